The van der Waals surface area contributed by atoms with Crippen molar-refractivity contribution >= 4 is 29.9 Å². The lowest BCUT2D eigenvalue weighted by molar-refractivity contribution is 0.282. The van der Waals surface area contributed by atoms with E-state index in [1.54, 1.807) is 6.33 Å². The molecule has 8 heteroatoms. The molecule has 160 valence electrons. The van der Waals surface area contributed by atoms with E-state index in [1.807, 2.05) is 34.9 Å². The second-order valence-corrected chi connectivity index (χ2v) is 7.18. The molecule has 0 aliphatic carbocycles. The van der Waals surface area contributed by atoms with Gasteiger partial charge >= 0.3 is 0 Å². The van der Waals surface area contributed by atoms with Gasteiger partial charge in [-0.15, -0.1) is 34.2 Å². The minimum absolute atomic E-state index is 0. The molecule has 0 radical (unpaired) electrons. The van der Waals surface area contributed by atoms with E-state index in [0.29, 0.717) is 6.54 Å². The van der Waals surface area contributed by atoms with Crippen molar-refractivity contribution in [1.82, 2.24) is 30.3 Å². The van der Waals surface area contributed by atoms with E-state index in [-0.39, 0.29) is 24.0 Å². The maximum atomic E-state index is 4.70. The van der Waals surface area contributed by atoms with Gasteiger partial charge in [0.25, 0.3) is 0 Å². The Morgan fingerprint density at radius 2 is 1.83 bits per heavy atom. The van der Waals surface area contributed by atoms with Gasteiger partial charge in [0.15, 0.2) is 11.8 Å². The summed E-state index contributed by atoms with van der Waals surface area (Å²) >= 11 is 0. The highest BCUT2D eigenvalue weighted by Crippen LogP contribution is 2.10. The SMILES string of the molecule is CCNC(=NCc1nncn1-c1ccccc1)NCCCN1CCCCCC1.I. The first-order valence-electron chi connectivity index (χ1n) is 10.6. The van der Waals surface area contributed by atoms with Crippen LogP contribution in [0.3, 0.4) is 0 Å². The van der Waals surface area contributed by atoms with Gasteiger partial charge in [0.1, 0.15) is 12.9 Å². The number of aliphatic imine (C=N–C) groups is 1. The highest BCUT2D eigenvalue weighted by molar-refractivity contribution is 14.0. The Morgan fingerprint density at radius 3 is 2.55 bits per heavy atom. The molecule has 1 fully saturated rings. The van der Waals surface area contributed by atoms with Crippen LogP contribution in [0.2, 0.25) is 0 Å². The second-order valence-electron chi connectivity index (χ2n) is 7.18. The minimum Gasteiger partial charge on any atom is -0.357 e. The van der Waals surface area contributed by atoms with E-state index in [0.717, 1.165) is 43.5 Å². The van der Waals surface area contributed by atoms with Gasteiger partial charge in [0, 0.05) is 18.8 Å². The van der Waals surface area contributed by atoms with Crippen molar-refractivity contribution in [2.45, 2.75) is 45.6 Å². The third-order valence-electron chi connectivity index (χ3n) is 5.02. The predicted octanol–water partition coefficient (Wildman–Crippen LogP) is 3.21. The maximum absolute atomic E-state index is 4.70. The van der Waals surface area contributed by atoms with E-state index in [9.17, 15) is 0 Å². The lowest BCUT2D eigenvalue weighted by atomic mass is 10.2. The van der Waals surface area contributed by atoms with Gasteiger partial charge in [-0.05, 0) is 58.0 Å². The lowest BCUT2D eigenvalue weighted by Gasteiger charge is -2.20. The van der Waals surface area contributed by atoms with Crippen molar-refractivity contribution in [2.24, 2.45) is 4.99 Å². The third-order valence-corrected chi connectivity index (χ3v) is 5.02. The van der Waals surface area contributed by atoms with Gasteiger partial charge in [-0.25, -0.2) is 4.99 Å². The summed E-state index contributed by atoms with van der Waals surface area (Å²) in [4.78, 5) is 7.30. The van der Waals surface area contributed by atoms with E-state index in [1.165, 1.54) is 38.8 Å². The van der Waals surface area contributed by atoms with Crippen molar-refractivity contribution in [2.75, 3.05) is 32.7 Å². The summed E-state index contributed by atoms with van der Waals surface area (Å²) in [5, 5.41) is 15.1. The molecule has 0 bridgehead atoms. The molecular weight excluding hydrogens is 477 g/mol. The molecule has 1 saturated heterocycles. The summed E-state index contributed by atoms with van der Waals surface area (Å²) in [6.45, 7) is 8.00. The van der Waals surface area contributed by atoms with Crippen molar-refractivity contribution in [3.05, 3.63) is 42.5 Å². The number of halogens is 1. The normalized spacial score (nSPS) is 15.4. The fourth-order valence-electron chi connectivity index (χ4n) is 3.53. The smallest absolute Gasteiger partial charge is 0.191 e. The Balaban J connectivity index is 0.00000300. The van der Waals surface area contributed by atoms with Crippen LogP contribution >= 0.6 is 24.0 Å². The molecule has 0 spiro atoms. The molecule has 2 N–H and O–H groups in total. The van der Waals surface area contributed by atoms with Crippen LogP contribution in [0.15, 0.2) is 41.7 Å². The zero-order valence-electron chi connectivity index (χ0n) is 17.4. The third kappa shape index (κ3) is 7.93. The monoisotopic (exact) mass is 511 g/mol. The zero-order chi connectivity index (χ0) is 19.4. The zero-order valence-corrected chi connectivity index (χ0v) is 19.7. The first kappa shape index (κ1) is 23.6. The van der Waals surface area contributed by atoms with Crippen LogP contribution in [0, 0.1) is 0 Å². The predicted molar refractivity (Wildman–Crippen MR) is 129 cm³/mol. The van der Waals surface area contributed by atoms with Crippen LogP contribution < -0.4 is 10.6 Å². The minimum atomic E-state index is 0. The van der Waals surface area contributed by atoms with Crippen LogP contribution in [0.25, 0.3) is 5.69 Å². The maximum Gasteiger partial charge on any atom is 0.191 e. The van der Waals surface area contributed by atoms with Gasteiger partial charge in [-0.1, -0.05) is 31.0 Å². The average Bonchev–Trinajstić information content (AvgIpc) is 3.05. The standard InChI is InChI=1S/C21H33N7.HI/c1-2-22-21(23-13-10-16-27-14-8-3-4-9-15-27)24-17-20-26-25-18-28(20)19-11-6-5-7-12-19;/h5-7,11-12,18H,2-4,8-10,13-17H2,1H3,(H2,22,23,24);1H. The van der Waals surface area contributed by atoms with E-state index in [4.69, 9.17) is 4.99 Å². The molecule has 0 saturated carbocycles. The molecule has 0 amide bonds. The van der Waals surface area contributed by atoms with E-state index in [2.05, 4.69) is 32.7 Å². The number of hydrogen-bond donors (Lipinski definition) is 2. The first-order valence-corrected chi connectivity index (χ1v) is 10.6. The fourth-order valence-corrected chi connectivity index (χ4v) is 3.53. The van der Waals surface area contributed by atoms with Gasteiger partial charge < -0.3 is 15.5 Å². The van der Waals surface area contributed by atoms with Gasteiger partial charge in [0.2, 0.25) is 0 Å². The summed E-state index contributed by atoms with van der Waals surface area (Å²) in [6.07, 6.45) is 8.34. The highest BCUT2D eigenvalue weighted by Gasteiger charge is 2.09. The van der Waals surface area contributed by atoms with E-state index < -0.39 is 0 Å². The number of rotatable bonds is 8. The summed E-state index contributed by atoms with van der Waals surface area (Å²) < 4.78 is 1.98. The van der Waals surface area contributed by atoms with Gasteiger partial charge in [0.05, 0.1) is 0 Å². The largest absolute Gasteiger partial charge is 0.357 e. The summed E-state index contributed by atoms with van der Waals surface area (Å²) in [5.41, 5.74) is 1.05. The molecule has 7 nitrogen and oxygen atoms in total. The van der Waals surface area contributed by atoms with Crippen molar-refractivity contribution in [3.63, 3.8) is 0 Å². The molecule has 29 heavy (non-hydrogen) atoms. The quantitative estimate of drug-likeness (QED) is 0.247. The van der Waals surface area contributed by atoms with Crippen molar-refractivity contribution in [1.29, 1.82) is 0 Å². The first-order chi connectivity index (χ1) is 13.9. The number of nitrogens with one attached hydrogen (secondary N) is 2. The molecule has 0 atom stereocenters. The number of guanidine groups is 1. The van der Waals surface area contributed by atoms with E-state index >= 15 is 0 Å². The van der Waals surface area contributed by atoms with Crippen LogP contribution in [-0.2, 0) is 6.54 Å². The molecule has 1 aromatic heterocycles. The van der Waals surface area contributed by atoms with Crippen LogP contribution in [-0.4, -0.2) is 58.3 Å². The molecule has 1 aromatic carbocycles. The summed E-state index contributed by atoms with van der Waals surface area (Å²) in [7, 11) is 0. The Hall–Kier alpha value is -1.68. The average molecular weight is 511 g/mol. The van der Waals surface area contributed by atoms with Crippen LogP contribution in [0.1, 0.15) is 44.9 Å². The molecule has 0 unspecified atom stereocenters. The summed E-state index contributed by atoms with van der Waals surface area (Å²) in [6, 6.07) is 10.1. The molecular formula is C21H34IN7. The number of aromatic nitrogens is 3. The number of benzene rings is 1. The van der Waals surface area contributed by atoms with Crippen molar-refractivity contribution in [3.8, 4) is 5.69 Å². The number of nitrogens with zero attached hydrogens (tertiary/aromatic N) is 5. The number of para-hydroxylation sites is 1. The lowest BCUT2D eigenvalue weighted by Crippen LogP contribution is -2.39. The highest BCUT2D eigenvalue weighted by atomic mass is 127. The Morgan fingerprint density at radius 1 is 1.07 bits per heavy atom. The Bertz CT molecular complexity index is 709. The van der Waals surface area contributed by atoms with Gasteiger partial charge in [-0.3, -0.25) is 4.57 Å². The van der Waals surface area contributed by atoms with Crippen molar-refractivity contribution < 1.29 is 0 Å². The van der Waals surface area contributed by atoms with Crippen LogP contribution in [0.4, 0.5) is 0 Å². The molecule has 3 rings (SSSR count). The molecule has 2 heterocycles. The molecule has 2 aromatic rings. The molecule has 1 aliphatic heterocycles. The van der Waals surface area contributed by atoms with Crippen LogP contribution in [0.5, 0.6) is 0 Å². The summed E-state index contributed by atoms with van der Waals surface area (Å²) in [5.74, 6) is 1.66. The molecule has 1 aliphatic rings. The number of hydrogen-bond acceptors (Lipinski definition) is 4. The fraction of sp³-hybridized carbons (Fsp3) is 0.571. The topological polar surface area (TPSA) is 70.4 Å². The second kappa shape index (κ2) is 13.5. The Labute approximate surface area is 191 Å². The Kier molecular flexibility index (Phi) is 11.0. The van der Waals surface area contributed by atoms with Gasteiger partial charge in [-0.2, -0.15) is 0 Å². The number of likely N-dealkylation sites (tertiary alicyclic amines) is 1.